The van der Waals surface area contributed by atoms with Gasteiger partial charge >= 0.3 is 0 Å². The van der Waals surface area contributed by atoms with Gasteiger partial charge in [-0.2, -0.15) is 5.10 Å². The molecule has 0 aromatic heterocycles. The van der Waals surface area contributed by atoms with E-state index in [2.05, 4.69) is 59.6 Å². The molecule has 1 aliphatic rings. The Kier molecular flexibility index (Phi) is 6.22. The van der Waals surface area contributed by atoms with Gasteiger partial charge in [0.2, 0.25) is 5.91 Å². The molecule has 4 nitrogen and oxygen atoms in total. The van der Waals surface area contributed by atoms with Crippen molar-refractivity contribution in [1.82, 2.24) is 4.90 Å². The molecule has 4 aromatic rings. The maximum absolute atomic E-state index is 13.2. The van der Waals surface area contributed by atoms with Crippen molar-refractivity contribution in [2.45, 2.75) is 31.6 Å². The minimum absolute atomic E-state index is 0.100. The standard InChI is InChI=1S/C28H25N3OS/c1-2-9-26-27(32)31(19-23-15-8-13-21-11-4-6-17-25(21)23)28(33-26)30-29-18-22-14-7-12-20-10-3-5-16-24(20)22/h3-8,10-18,26H,2,9,19H2,1H3/b29-18-,30-28+/t26-/m0/s1. The number of amides is 1. The molecule has 0 unspecified atom stereocenters. The third-order valence-corrected chi connectivity index (χ3v) is 7.18. The van der Waals surface area contributed by atoms with Crippen LogP contribution in [0.5, 0.6) is 0 Å². The Labute approximate surface area is 198 Å². The maximum Gasteiger partial charge on any atom is 0.242 e. The Hall–Kier alpha value is -3.44. The predicted octanol–water partition coefficient (Wildman–Crippen LogP) is 6.63. The highest BCUT2D eigenvalue weighted by molar-refractivity contribution is 8.15. The lowest BCUT2D eigenvalue weighted by Crippen LogP contribution is -2.31. The summed E-state index contributed by atoms with van der Waals surface area (Å²) in [6.45, 7) is 2.60. The van der Waals surface area contributed by atoms with Crippen LogP contribution in [0.2, 0.25) is 0 Å². The first-order valence-electron chi connectivity index (χ1n) is 11.3. The van der Waals surface area contributed by atoms with Gasteiger partial charge < -0.3 is 0 Å². The third-order valence-electron chi connectivity index (χ3n) is 5.94. The summed E-state index contributed by atoms with van der Waals surface area (Å²) < 4.78 is 0. The Morgan fingerprint density at radius 2 is 1.55 bits per heavy atom. The summed E-state index contributed by atoms with van der Waals surface area (Å²) in [6.07, 6.45) is 3.57. The van der Waals surface area contributed by atoms with E-state index in [1.165, 1.54) is 22.5 Å². The van der Waals surface area contributed by atoms with E-state index < -0.39 is 0 Å². The summed E-state index contributed by atoms with van der Waals surface area (Å²) in [7, 11) is 0. The summed E-state index contributed by atoms with van der Waals surface area (Å²) in [5, 5.41) is 14.1. The number of hydrogen-bond donors (Lipinski definition) is 0. The molecule has 1 aliphatic heterocycles. The molecule has 0 saturated carbocycles. The van der Waals surface area contributed by atoms with E-state index in [1.807, 2.05) is 42.5 Å². The van der Waals surface area contributed by atoms with Gasteiger partial charge in [-0.15, -0.1) is 5.10 Å². The molecule has 1 fully saturated rings. The van der Waals surface area contributed by atoms with E-state index >= 15 is 0 Å². The summed E-state index contributed by atoms with van der Waals surface area (Å²) in [5.74, 6) is 0.119. The molecule has 1 saturated heterocycles. The van der Waals surface area contributed by atoms with Gasteiger partial charge in [-0.1, -0.05) is 110 Å². The first kappa shape index (κ1) is 21.4. The summed E-state index contributed by atoms with van der Waals surface area (Å²) in [4.78, 5) is 15.0. The fourth-order valence-corrected chi connectivity index (χ4v) is 5.49. The average molecular weight is 452 g/mol. The maximum atomic E-state index is 13.2. The molecule has 1 heterocycles. The first-order valence-corrected chi connectivity index (χ1v) is 12.2. The van der Waals surface area contributed by atoms with Gasteiger partial charge in [0.1, 0.15) is 0 Å². The minimum atomic E-state index is -0.100. The zero-order valence-electron chi connectivity index (χ0n) is 18.5. The number of benzene rings is 4. The molecule has 0 N–H and O–H groups in total. The van der Waals surface area contributed by atoms with Crippen molar-refractivity contribution in [3.63, 3.8) is 0 Å². The smallest absolute Gasteiger partial charge is 0.242 e. The number of carbonyl (C=O) groups is 1. The van der Waals surface area contributed by atoms with Gasteiger partial charge in [0.25, 0.3) is 0 Å². The highest BCUT2D eigenvalue weighted by Crippen LogP contribution is 2.33. The molecule has 0 radical (unpaired) electrons. The Morgan fingerprint density at radius 1 is 0.879 bits per heavy atom. The van der Waals surface area contributed by atoms with Gasteiger partial charge in [0, 0.05) is 5.56 Å². The zero-order valence-corrected chi connectivity index (χ0v) is 19.3. The van der Waals surface area contributed by atoms with Crippen molar-refractivity contribution in [2.24, 2.45) is 10.2 Å². The number of rotatable bonds is 6. The molecule has 0 spiro atoms. The quantitative estimate of drug-likeness (QED) is 0.244. The first-order chi connectivity index (χ1) is 16.2. The topological polar surface area (TPSA) is 45.0 Å². The van der Waals surface area contributed by atoms with Gasteiger partial charge in [0.05, 0.1) is 18.0 Å². The lowest BCUT2D eigenvalue weighted by molar-refractivity contribution is -0.126. The SMILES string of the molecule is CCC[C@@H]1S/C(=N/N=C\c2cccc3ccccc23)N(Cc2cccc3ccccc23)C1=O. The van der Waals surface area contributed by atoms with Crippen LogP contribution in [0.1, 0.15) is 30.9 Å². The van der Waals surface area contributed by atoms with E-state index in [4.69, 9.17) is 0 Å². The second kappa shape index (κ2) is 9.59. The molecule has 0 aliphatic carbocycles. The van der Waals surface area contributed by atoms with E-state index in [-0.39, 0.29) is 11.2 Å². The van der Waals surface area contributed by atoms with Crippen LogP contribution < -0.4 is 0 Å². The van der Waals surface area contributed by atoms with Crippen LogP contribution in [0.3, 0.4) is 0 Å². The Bertz CT molecular complexity index is 1370. The van der Waals surface area contributed by atoms with Gasteiger partial charge in [-0.25, -0.2) is 0 Å². The van der Waals surface area contributed by atoms with Crippen LogP contribution in [0.4, 0.5) is 0 Å². The second-order valence-electron chi connectivity index (χ2n) is 8.15. The van der Waals surface area contributed by atoms with Crippen molar-refractivity contribution in [3.05, 3.63) is 96.1 Å². The fourth-order valence-electron chi connectivity index (χ4n) is 4.28. The van der Waals surface area contributed by atoms with Gasteiger partial charge in [-0.3, -0.25) is 9.69 Å². The monoisotopic (exact) mass is 451 g/mol. The molecule has 4 aromatic carbocycles. The molecule has 5 rings (SSSR count). The van der Waals surface area contributed by atoms with Crippen molar-refractivity contribution in [2.75, 3.05) is 0 Å². The zero-order chi connectivity index (χ0) is 22.6. The lowest BCUT2D eigenvalue weighted by atomic mass is 10.0. The van der Waals surface area contributed by atoms with Crippen LogP contribution in [0.15, 0.2) is 95.1 Å². The van der Waals surface area contributed by atoms with Crippen molar-refractivity contribution in [3.8, 4) is 0 Å². The highest BCUT2D eigenvalue weighted by atomic mass is 32.2. The van der Waals surface area contributed by atoms with E-state index in [0.717, 1.165) is 34.7 Å². The van der Waals surface area contributed by atoms with Gasteiger partial charge in [-0.05, 0) is 33.5 Å². The van der Waals surface area contributed by atoms with Crippen molar-refractivity contribution in [1.29, 1.82) is 0 Å². The molecule has 1 atom stereocenters. The van der Waals surface area contributed by atoms with Crippen LogP contribution in [-0.4, -0.2) is 27.4 Å². The molecule has 1 amide bonds. The molecular formula is C28H25N3OS. The highest BCUT2D eigenvalue weighted by Gasteiger charge is 2.37. The average Bonchev–Trinajstić information content (AvgIpc) is 3.14. The van der Waals surface area contributed by atoms with Crippen LogP contribution in [-0.2, 0) is 11.3 Å². The van der Waals surface area contributed by atoms with E-state index in [1.54, 1.807) is 11.1 Å². The summed E-state index contributed by atoms with van der Waals surface area (Å²) >= 11 is 1.53. The van der Waals surface area contributed by atoms with E-state index in [0.29, 0.717) is 11.7 Å². The Morgan fingerprint density at radius 3 is 2.33 bits per heavy atom. The second-order valence-corrected chi connectivity index (χ2v) is 9.32. The number of amidine groups is 1. The number of thioether (sulfide) groups is 1. The van der Waals surface area contributed by atoms with E-state index in [9.17, 15) is 4.79 Å². The number of hydrogen-bond acceptors (Lipinski definition) is 4. The third kappa shape index (κ3) is 4.41. The lowest BCUT2D eigenvalue weighted by Gasteiger charge is -2.17. The van der Waals surface area contributed by atoms with Crippen molar-refractivity contribution < 1.29 is 4.79 Å². The molecule has 5 heteroatoms. The normalized spacial score (nSPS) is 17.7. The molecule has 33 heavy (non-hydrogen) atoms. The Balaban J connectivity index is 1.46. The number of fused-ring (bicyclic) bond motifs is 2. The largest absolute Gasteiger partial charge is 0.284 e. The van der Waals surface area contributed by atoms with Crippen LogP contribution in [0, 0.1) is 0 Å². The van der Waals surface area contributed by atoms with Crippen LogP contribution >= 0.6 is 11.8 Å². The van der Waals surface area contributed by atoms with Crippen molar-refractivity contribution >= 4 is 50.6 Å². The number of carbonyl (C=O) groups excluding carboxylic acids is 1. The minimum Gasteiger partial charge on any atom is -0.284 e. The summed E-state index contributed by atoms with van der Waals surface area (Å²) in [5.41, 5.74) is 2.13. The number of nitrogens with zero attached hydrogens (tertiary/aromatic N) is 3. The molecule has 164 valence electrons. The fraction of sp³-hybridized carbons (Fsp3) is 0.179. The predicted molar refractivity (Wildman–Crippen MR) is 140 cm³/mol. The molecule has 0 bridgehead atoms. The van der Waals surface area contributed by atoms with Crippen LogP contribution in [0.25, 0.3) is 21.5 Å². The summed E-state index contributed by atoms with van der Waals surface area (Å²) in [6, 6.07) is 28.9. The molecular weight excluding hydrogens is 426 g/mol. The van der Waals surface area contributed by atoms with Gasteiger partial charge in [0.15, 0.2) is 5.17 Å².